The predicted octanol–water partition coefficient (Wildman–Crippen LogP) is 6.58. The molecule has 0 aliphatic heterocycles. The number of rotatable bonds is 6. The minimum atomic E-state index is -0.156. The number of tetrazole rings is 1. The highest BCUT2D eigenvalue weighted by molar-refractivity contribution is 6.35. The maximum Gasteiger partial charge on any atom is 0.173 e. The first-order valence-corrected chi connectivity index (χ1v) is 11.0. The lowest BCUT2D eigenvalue weighted by atomic mass is 9.86. The van der Waals surface area contributed by atoms with E-state index in [-0.39, 0.29) is 17.5 Å². The predicted molar refractivity (Wildman–Crippen MR) is 129 cm³/mol. The van der Waals surface area contributed by atoms with E-state index in [0.29, 0.717) is 15.1 Å². The second kappa shape index (κ2) is 9.70. The molecule has 3 aromatic rings. The van der Waals surface area contributed by atoms with Crippen molar-refractivity contribution in [2.24, 2.45) is 5.41 Å². The molecule has 0 N–H and O–H groups in total. The smallest absolute Gasteiger partial charge is 0.173 e. The molecule has 0 saturated carbocycles. The summed E-state index contributed by atoms with van der Waals surface area (Å²) in [5.41, 5.74) is 1.79. The topological polar surface area (TPSA) is 46.8 Å². The zero-order valence-electron chi connectivity index (χ0n) is 18.2. The monoisotopic (exact) mass is 477 g/mol. The van der Waals surface area contributed by atoms with Crippen LogP contribution in [0, 0.1) is 5.41 Å². The fraction of sp³-hybridized carbons (Fsp3) is 0.348. The lowest BCUT2D eigenvalue weighted by molar-refractivity contribution is 0.245. The normalized spacial score (nSPS) is 14.4. The zero-order valence-corrected chi connectivity index (χ0v) is 20.5. The van der Waals surface area contributed by atoms with Gasteiger partial charge in [-0.05, 0) is 65.3 Å². The van der Waals surface area contributed by atoms with Crippen molar-refractivity contribution < 1.29 is 0 Å². The van der Waals surface area contributed by atoms with Crippen LogP contribution < -0.4 is 0 Å². The average molecular weight is 479 g/mol. The van der Waals surface area contributed by atoms with E-state index in [2.05, 4.69) is 47.3 Å². The molecule has 3 rings (SSSR count). The molecular weight excluding hydrogens is 453 g/mol. The quantitative estimate of drug-likeness (QED) is 0.401. The van der Waals surface area contributed by atoms with Gasteiger partial charge in [0.2, 0.25) is 0 Å². The van der Waals surface area contributed by atoms with Gasteiger partial charge in [0.1, 0.15) is 0 Å². The summed E-state index contributed by atoms with van der Waals surface area (Å²) < 4.78 is 1.89. The Hall–Kier alpha value is -1.92. The Morgan fingerprint density at radius 3 is 2.19 bits per heavy atom. The minimum Gasteiger partial charge on any atom is -0.296 e. The van der Waals surface area contributed by atoms with Crippen LogP contribution in [0.25, 0.3) is 6.08 Å². The first kappa shape index (κ1) is 23.7. The molecule has 31 heavy (non-hydrogen) atoms. The highest BCUT2D eigenvalue weighted by atomic mass is 35.5. The van der Waals surface area contributed by atoms with Gasteiger partial charge in [0.25, 0.3) is 0 Å². The van der Waals surface area contributed by atoms with Crippen LogP contribution in [-0.4, -0.2) is 39.2 Å². The van der Waals surface area contributed by atoms with Gasteiger partial charge in [-0.1, -0.05) is 85.9 Å². The van der Waals surface area contributed by atoms with Crippen molar-refractivity contribution >= 4 is 40.9 Å². The van der Waals surface area contributed by atoms with Gasteiger partial charge in [-0.3, -0.25) is 4.90 Å². The van der Waals surface area contributed by atoms with Gasteiger partial charge in [0.15, 0.2) is 5.82 Å². The molecule has 2 unspecified atom stereocenters. The molecule has 1 aromatic heterocycles. The van der Waals surface area contributed by atoms with Crippen LogP contribution in [0.3, 0.4) is 0 Å². The van der Waals surface area contributed by atoms with Crippen LogP contribution in [-0.2, 0) is 0 Å². The maximum atomic E-state index is 6.37. The molecule has 0 saturated heterocycles. The first-order chi connectivity index (χ1) is 14.6. The van der Waals surface area contributed by atoms with E-state index in [9.17, 15) is 0 Å². The van der Waals surface area contributed by atoms with Crippen molar-refractivity contribution in [3.05, 3.63) is 80.6 Å². The van der Waals surface area contributed by atoms with Gasteiger partial charge in [0.05, 0.1) is 12.1 Å². The van der Waals surface area contributed by atoms with Crippen LogP contribution in [0.1, 0.15) is 49.8 Å². The number of aromatic nitrogens is 4. The summed E-state index contributed by atoms with van der Waals surface area (Å²) in [5, 5.41) is 14.7. The van der Waals surface area contributed by atoms with Crippen molar-refractivity contribution in [3.8, 4) is 0 Å². The Kier molecular flexibility index (Phi) is 7.43. The summed E-state index contributed by atoms with van der Waals surface area (Å²) in [7, 11) is 4.02. The molecule has 0 bridgehead atoms. The highest BCUT2D eigenvalue weighted by Gasteiger charge is 2.31. The molecule has 0 amide bonds. The molecule has 8 heteroatoms. The highest BCUT2D eigenvalue weighted by Crippen LogP contribution is 2.36. The van der Waals surface area contributed by atoms with E-state index in [1.165, 1.54) is 0 Å². The van der Waals surface area contributed by atoms with Gasteiger partial charge < -0.3 is 0 Å². The molecule has 0 spiro atoms. The van der Waals surface area contributed by atoms with Crippen LogP contribution in [0.2, 0.25) is 15.1 Å². The Morgan fingerprint density at radius 2 is 1.61 bits per heavy atom. The molecule has 0 aliphatic carbocycles. The van der Waals surface area contributed by atoms with E-state index in [4.69, 9.17) is 34.8 Å². The third kappa shape index (κ3) is 5.66. The summed E-state index contributed by atoms with van der Waals surface area (Å²) in [5.74, 6) is 0.749. The molecule has 1 heterocycles. The number of allylic oxidation sites excluding steroid dienone is 1. The van der Waals surface area contributed by atoms with Gasteiger partial charge in [0, 0.05) is 15.1 Å². The maximum absolute atomic E-state index is 6.37. The molecular formula is C23H26Cl3N5. The van der Waals surface area contributed by atoms with Crippen molar-refractivity contribution in [3.63, 3.8) is 0 Å². The van der Waals surface area contributed by atoms with Gasteiger partial charge in [-0.15, -0.1) is 5.10 Å². The third-order valence-corrected chi connectivity index (χ3v) is 5.85. The van der Waals surface area contributed by atoms with E-state index < -0.39 is 0 Å². The van der Waals surface area contributed by atoms with Crippen molar-refractivity contribution in [2.45, 2.75) is 32.9 Å². The van der Waals surface area contributed by atoms with Crippen LogP contribution >= 0.6 is 34.8 Å². The fourth-order valence-corrected chi connectivity index (χ4v) is 4.07. The number of benzene rings is 2. The van der Waals surface area contributed by atoms with E-state index in [1.807, 2.05) is 61.3 Å². The van der Waals surface area contributed by atoms with Crippen LogP contribution in [0.15, 0.2) is 48.5 Å². The minimum absolute atomic E-state index is 0.112. The second-order valence-electron chi connectivity index (χ2n) is 8.74. The summed E-state index contributed by atoms with van der Waals surface area (Å²) >= 11 is 18.5. The standard InChI is InChI=1S/C23H26Cl3N5/c1-23(2,3)20(13-9-15-6-12-18(25)14-19(15)26)31-22(27-28-29-31)21(30(4)5)16-7-10-17(24)11-8-16/h6-14,20-21H,1-5H3. The number of hydrogen-bond donors (Lipinski definition) is 0. The van der Waals surface area contributed by atoms with Gasteiger partial charge in [-0.25, -0.2) is 4.68 Å². The Labute approximate surface area is 198 Å². The summed E-state index contributed by atoms with van der Waals surface area (Å²) in [4.78, 5) is 2.09. The number of halogens is 3. The van der Waals surface area contributed by atoms with E-state index >= 15 is 0 Å². The van der Waals surface area contributed by atoms with Gasteiger partial charge >= 0.3 is 0 Å². The lowest BCUT2D eigenvalue weighted by Gasteiger charge is -2.31. The number of hydrogen-bond acceptors (Lipinski definition) is 4. The summed E-state index contributed by atoms with van der Waals surface area (Å²) in [6.07, 6.45) is 4.08. The molecule has 5 nitrogen and oxygen atoms in total. The summed E-state index contributed by atoms with van der Waals surface area (Å²) in [6.45, 7) is 6.47. The molecule has 2 aromatic carbocycles. The largest absolute Gasteiger partial charge is 0.296 e. The average Bonchev–Trinajstić information content (AvgIpc) is 3.12. The SMILES string of the molecule is CN(C)C(c1ccc(Cl)cc1)c1nnnn1C(C=Cc1ccc(Cl)cc1Cl)C(C)(C)C. The summed E-state index contributed by atoms with van der Waals surface area (Å²) in [6, 6.07) is 13.0. The number of nitrogens with zero attached hydrogens (tertiary/aromatic N) is 5. The molecule has 164 valence electrons. The fourth-order valence-electron chi connectivity index (χ4n) is 3.47. The second-order valence-corrected chi connectivity index (χ2v) is 10.0. The van der Waals surface area contributed by atoms with Crippen LogP contribution in [0.4, 0.5) is 0 Å². The molecule has 0 aliphatic rings. The Morgan fingerprint density at radius 1 is 0.968 bits per heavy atom. The molecule has 0 fully saturated rings. The van der Waals surface area contributed by atoms with E-state index in [1.54, 1.807) is 6.07 Å². The lowest BCUT2D eigenvalue weighted by Crippen LogP contribution is -2.30. The Bertz CT molecular complexity index is 1050. The van der Waals surface area contributed by atoms with Crippen molar-refractivity contribution in [2.75, 3.05) is 14.1 Å². The van der Waals surface area contributed by atoms with Crippen LogP contribution in [0.5, 0.6) is 0 Å². The molecule has 0 radical (unpaired) electrons. The zero-order chi connectivity index (χ0) is 22.8. The van der Waals surface area contributed by atoms with Gasteiger partial charge in [-0.2, -0.15) is 0 Å². The Balaban J connectivity index is 2.05. The van der Waals surface area contributed by atoms with Crippen molar-refractivity contribution in [1.82, 2.24) is 25.1 Å². The first-order valence-electron chi connectivity index (χ1n) is 9.91. The molecule has 2 atom stereocenters. The van der Waals surface area contributed by atoms with E-state index in [0.717, 1.165) is 17.0 Å². The van der Waals surface area contributed by atoms with Crippen molar-refractivity contribution in [1.29, 1.82) is 0 Å². The third-order valence-electron chi connectivity index (χ3n) is 5.04.